The highest BCUT2D eigenvalue weighted by Crippen LogP contribution is 2.28. The van der Waals surface area contributed by atoms with E-state index in [9.17, 15) is 0 Å². The highest BCUT2D eigenvalue weighted by atomic mass is 15.0. The summed E-state index contributed by atoms with van der Waals surface area (Å²) in [6.45, 7) is 3.32. The number of nitrogens with one attached hydrogen (secondary N) is 1. The summed E-state index contributed by atoms with van der Waals surface area (Å²) in [5.74, 6) is 2.44. The maximum atomic E-state index is 5.77. The number of rotatable bonds is 3. The van der Waals surface area contributed by atoms with Gasteiger partial charge in [-0.3, -0.25) is 0 Å². The van der Waals surface area contributed by atoms with Crippen molar-refractivity contribution in [3.05, 3.63) is 12.5 Å². The molecule has 1 aromatic heterocycles. The van der Waals surface area contributed by atoms with E-state index >= 15 is 0 Å². The number of hydrogen-bond donors (Lipinski definition) is 2. The van der Waals surface area contributed by atoms with Crippen LogP contribution >= 0.6 is 0 Å². The van der Waals surface area contributed by atoms with E-state index < -0.39 is 0 Å². The molecule has 1 saturated carbocycles. The molecular formula is C12H20N4. The molecule has 1 aliphatic carbocycles. The zero-order valence-corrected chi connectivity index (χ0v) is 9.82. The van der Waals surface area contributed by atoms with Gasteiger partial charge in [-0.1, -0.05) is 19.8 Å². The molecule has 0 spiro atoms. The third-order valence-electron chi connectivity index (χ3n) is 3.43. The number of nitrogens with zero attached hydrogens (tertiary/aromatic N) is 2. The van der Waals surface area contributed by atoms with Crippen molar-refractivity contribution in [2.75, 3.05) is 17.6 Å². The van der Waals surface area contributed by atoms with Crippen molar-refractivity contribution < 1.29 is 0 Å². The zero-order chi connectivity index (χ0) is 11.4. The first-order valence-electron chi connectivity index (χ1n) is 6.05. The maximum Gasteiger partial charge on any atom is 0.152 e. The molecule has 1 fully saturated rings. The van der Waals surface area contributed by atoms with Crippen LogP contribution in [0.15, 0.2) is 12.5 Å². The molecule has 0 amide bonds. The van der Waals surface area contributed by atoms with Crippen molar-refractivity contribution in [3.8, 4) is 0 Å². The first-order valence-corrected chi connectivity index (χ1v) is 6.05. The second kappa shape index (κ2) is 5.14. The van der Waals surface area contributed by atoms with Crippen LogP contribution in [0, 0.1) is 11.8 Å². The first kappa shape index (κ1) is 11.2. The quantitative estimate of drug-likeness (QED) is 0.820. The summed E-state index contributed by atoms with van der Waals surface area (Å²) < 4.78 is 0. The van der Waals surface area contributed by atoms with E-state index in [0.717, 1.165) is 24.2 Å². The molecule has 0 atom stereocenters. The second-order valence-corrected chi connectivity index (χ2v) is 4.83. The molecule has 0 aliphatic heterocycles. The van der Waals surface area contributed by atoms with Gasteiger partial charge < -0.3 is 11.1 Å². The lowest BCUT2D eigenvalue weighted by Crippen LogP contribution is -2.21. The third-order valence-corrected chi connectivity index (χ3v) is 3.43. The Bertz CT molecular complexity index is 332. The summed E-state index contributed by atoms with van der Waals surface area (Å²) in [6, 6.07) is 0. The Kier molecular flexibility index (Phi) is 3.59. The third kappa shape index (κ3) is 2.84. The van der Waals surface area contributed by atoms with Crippen LogP contribution in [0.2, 0.25) is 0 Å². The molecule has 1 aliphatic rings. The molecule has 0 unspecified atom stereocenters. The minimum atomic E-state index is 0.631. The molecule has 0 saturated heterocycles. The fraction of sp³-hybridized carbons (Fsp3) is 0.667. The summed E-state index contributed by atoms with van der Waals surface area (Å²) in [6.07, 6.45) is 8.51. The molecule has 1 heterocycles. The van der Waals surface area contributed by atoms with Gasteiger partial charge in [-0.2, -0.15) is 0 Å². The van der Waals surface area contributed by atoms with Gasteiger partial charge in [0.1, 0.15) is 6.33 Å². The van der Waals surface area contributed by atoms with Crippen molar-refractivity contribution >= 4 is 11.5 Å². The van der Waals surface area contributed by atoms with Crippen molar-refractivity contribution in [1.29, 1.82) is 0 Å². The summed E-state index contributed by atoms with van der Waals surface area (Å²) in [5, 5.41) is 3.32. The van der Waals surface area contributed by atoms with Gasteiger partial charge in [0.25, 0.3) is 0 Å². The average molecular weight is 220 g/mol. The lowest BCUT2D eigenvalue weighted by molar-refractivity contribution is 0.300. The van der Waals surface area contributed by atoms with Crippen molar-refractivity contribution in [1.82, 2.24) is 9.97 Å². The van der Waals surface area contributed by atoms with Gasteiger partial charge in [-0.05, 0) is 24.7 Å². The van der Waals surface area contributed by atoms with Crippen LogP contribution in [0.4, 0.5) is 11.5 Å². The lowest BCUT2D eigenvalue weighted by Gasteiger charge is -2.26. The molecule has 0 aromatic carbocycles. The van der Waals surface area contributed by atoms with Crippen molar-refractivity contribution in [2.24, 2.45) is 11.8 Å². The van der Waals surface area contributed by atoms with Gasteiger partial charge in [0.05, 0.1) is 11.9 Å². The Labute approximate surface area is 96.7 Å². The molecule has 0 radical (unpaired) electrons. The molecule has 0 bridgehead atoms. The van der Waals surface area contributed by atoms with Gasteiger partial charge in [0.2, 0.25) is 0 Å². The van der Waals surface area contributed by atoms with Crippen LogP contribution in [0.1, 0.15) is 32.6 Å². The minimum absolute atomic E-state index is 0.631. The Balaban J connectivity index is 1.81. The van der Waals surface area contributed by atoms with Crippen molar-refractivity contribution in [3.63, 3.8) is 0 Å². The number of hydrogen-bond acceptors (Lipinski definition) is 4. The van der Waals surface area contributed by atoms with E-state index in [1.807, 2.05) is 0 Å². The summed E-state index contributed by atoms with van der Waals surface area (Å²) in [4.78, 5) is 8.00. The summed E-state index contributed by atoms with van der Waals surface area (Å²) in [5.41, 5.74) is 6.40. The first-order chi connectivity index (χ1) is 7.75. The van der Waals surface area contributed by atoms with E-state index in [1.165, 1.54) is 32.0 Å². The predicted molar refractivity (Wildman–Crippen MR) is 66.1 cm³/mol. The Hall–Kier alpha value is -1.32. The highest BCUT2D eigenvalue weighted by molar-refractivity contribution is 5.58. The van der Waals surface area contributed by atoms with Gasteiger partial charge >= 0.3 is 0 Å². The van der Waals surface area contributed by atoms with E-state index in [-0.39, 0.29) is 0 Å². The maximum absolute atomic E-state index is 5.77. The molecule has 2 rings (SSSR count). The van der Waals surface area contributed by atoms with Gasteiger partial charge in [0, 0.05) is 6.54 Å². The van der Waals surface area contributed by atoms with E-state index in [0.29, 0.717) is 5.69 Å². The van der Waals surface area contributed by atoms with Crippen molar-refractivity contribution in [2.45, 2.75) is 32.6 Å². The molecule has 4 heteroatoms. The molecule has 1 aromatic rings. The smallest absolute Gasteiger partial charge is 0.152 e. The predicted octanol–water partition coefficient (Wildman–Crippen LogP) is 2.30. The van der Waals surface area contributed by atoms with Gasteiger partial charge in [0.15, 0.2) is 5.82 Å². The molecule has 16 heavy (non-hydrogen) atoms. The Morgan fingerprint density at radius 3 is 2.81 bits per heavy atom. The average Bonchev–Trinajstić information content (AvgIpc) is 2.30. The number of anilines is 2. The molecule has 88 valence electrons. The van der Waals surface area contributed by atoms with Crippen LogP contribution in [0.5, 0.6) is 0 Å². The van der Waals surface area contributed by atoms with Gasteiger partial charge in [-0.25, -0.2) is 9.97 Å². The fourth-order valence-corrected chi connectivity index (χ4v) is 2.26. The van der Waals surface area contributed by atoms with Crippen LogP contribution in [0.25, 0.3) is 0 Å². The van der Waals surface area contributed by atoms with E-state index in [1.54, 1.807) is 6.20 Å². The molecule has 3 N–H and O–H groups in total. The summed E-state index contributed by atoms with van der Waals surface area (Å²) >= 11 is 0. The van der Waals surface area contributed by atoms with Crippen LogP contribution < -0.4 is 11.1 Å². The highest BCUT2D eigenvalue weighted by Gasteiger charge is 2.18. The standard InChI is InChI=1S/C12H20N4/c1-9-2-4-10(5-3-9)6-15-12-11(13)7-14-8-16-12/h7-10H,2-6,13H2,1H3,(H,14,15,16). The molecular weight excluding hydrogens is 200 g/mol. The Morgan fingerprint density at radius 2 is 2.12 bits per heavy atom. The lowest BCUT2D eigenvalue weighted by atomic mass is 9.83. The van der Waals surface area contributed by atoms with E-state index in [2.05, 4.69) is 22.2 Å². The SMILES string of the molecule is CC1CCC(CNc2ncncc2N)CC1. The normalized spacial score (nSPS) is 25.3. The van der Waals surface area contributed by atoms with Crippen LogP contribution in [0.3, 0.4) is 0 Å². The zero-order valence-electron chi connectivity index (χ0n) is 9.82. The monoisotopic (exact) mass is 220 g/mol. The topological polar surface area (TPSA) is 63.8 Å². The largest absolute Gasteiger partial charge is 0.394 e. The Morgan fingerprint density at radius 1 is 1.38 bits per heavy atom. The second-order valence-electron chi connectivity index (χ2n) is 4.83. The molecule has 4 nitrogen and oxygen atoms in total. The number of nitrogens with two attached hydrogens (primary N) is 1. The number of aromatic nitrogens is 2. The van der Waals surface area contributed by atoms with E-state index in [4.69, 9.17) is 5.73 Å². The van der Waals surface area contributed by atoms with Crippen LogP contribution in [-0.4, -0.2) is 16.5 Å². The fourth-order valence-electron chi connectivity index (χ4n) is 2.26. The van der Waals surface area contributed by atoms with Crippen LogP contribution in [-0.2, 0) is 0 Å². The number of nitrogen functional groups attached to an aromatic ring is 1. The van der Waals surface area contributed by atoms with Gasteiger partial charge in [-0.15, -0.1) is 0 Å². The minimum Gasteiger partial charge on any atom is -0.394 e. The summed E-state index contributed by atoms with van der Waals surface area (Å²) in [7, 11) is 0.